The highest BCUT2D eigenvalue weighted by Gasteiger charge is 2.38. The number of nitrogens with zero attached hydrogens (tertiary/aromatic N) is 8. The molecule has 2 aliphatic carbocycles. The number of hydrogen-bond donors (Lipinski definition) is 1. The van der Waals surface area contributed by atoms with E-state index < -0.39 is 29.8 Å². The minimum absolute atomic E-state index is 0.0257. The number of carbonyl (C=O) groups is 3. The molecule has 300 valence electrons. The molecule has 1 N–H and O–H groups in total. The number of alkyl halides is 3. The summed E-state index contributed by atoms with van der Waals surface area (Å²) in [7, 11) is 0. The number of ketones is 1. The van der Waals surface area contributed by atoms with Crippen molar-refractivity contribution in [2.45, 2.75) is 52.4 Å². The van der Waals surface area contributed by atoms with Crippen LogP contribution in [0.15, 0.2) is 65.7 Å². The standard InChI is InChI=1S/C40H37ClF3N9O5/c1-22-35(58-20-24-6-4-3-5-7-24)33(46-21-45-22)37(56)51-12-10-50(11-13-51)34-23(2)52(19-32(55)47-31-9-8-28(18-30(31)41)40(42,43)44)39-48-36(49-53(39)38(34)57)27-14-25-16-29(54)17-26(25)15-27/h3-9,14,18,21,25-26H,10-13,15-17,19-20H2,1-2H3,(H,47,55). The highest BCUT2D eigenvalue weighted by molar-refractivity contribution is 6.33. The Morgan fingerprint density at radius 3 is 2.45 bits per heavy atom. The van der Waals surface area contributed by atoms with E-state index >= 15 is 0 Å². The number of rotatable bonds is 9. The van der Waals surface area contributed by atoms with Gasteiger partial charge in [-0.3, -0.25) is 19.2 Å². The Morgan fingerprint density at radius 1 is 0.983 bits per heavy atom. The fourth-order valence-corrected chi connectivity index (χ4v) is 8.14. The lowest BCUT2D eigenvalue weighted by Gasteiger charge is -2.36. The Labute approximate surface area is 334 Å². The van der Waals surface area contributed by atoms with Gasteiger partial charge >= 0.3 is 6.18 Å². The quantitative estimate of drug-likeness (QED) is 0.201. The molecule has 1 saturated heterocycles. The molecule has 2 unspecified atom stereocenters. The van der Waals surface area contributed by atoms with Crippen LogP contribution in [-0.4, -0.2) is 77.8 Å². The molecule has 3 aliphatic rings. The van der Waals surface area contributed by atoms with Gasteiger partial charge in [0.2, 0.25) is 11.7 Å². The normalized spacial score (nSPS) is 18.1. The molecule has 14 nitrogen and oxygen atoms in total. The number of Topliss-reactive ketones (excluding diaryl/α,β-unsaturated/α-hetero) is 1. The molecule has 1 saturated carbocycles. The number of aryl methyl sites for hydroxylation is 1. The second-order valence-electron chi connectivity index (χ2n) is 14.7. The number of fused-ring (bicyclic) bond motifs is 2. The SMILES string of the molecule is Cc1ncnc(C(=O)N2CCN(c3c(C)n(CC(=O)Nc4ccc(C(F)(F)F)cc4Cl)c4nc(C5=CC6CC(=O)CC6C5)nn4c3=O)CC2)c1OCc1ccccc1. The summed E-state index contributed by atoms with van der Waals surface area (Å²) in [5, 5.41) is 6.90. The third-order valence-electron chi connectivity index (χ3n) is 10.9. The summed E-state index contributed by atoms with van der Waals surface area (Å²) in [6.45, 7) is 4.17. The second kappa shape index (κ2) is 15.3. The average molecular weight is 816 g/mol. The van der Waals surface area contributed by atoms with Crippen LogP contribution >= 0.6 is 11.6 Å². The van der Waals surface area contributed by atoms with Gasteiger partial charge in [-0.05, 0) is 61.4 Å². The molecule has 2 atom stereocenters. The van der Waals surface area contributed by atoms with Crippen LogP contribution in [0.4, 0.5) is 24.5 Å². The van der Waals surface area contributed by atoms with E-state index in [0.717, 1.165) is 33.9 Å². The average Bonchev–Trinajstić information content (AvgIpc) is 3.90. The molecular formula is C40H37ClF3N9O5. The van der Waals surface area contributed by atoms with Crippen molar-refractivity contribution in [3.63, 3.8) is 0 Å². The first-order chi connectivity index (χ1) is 27.7. The first-order valence-corrected chi connectivity index (χ1v) is 19.0. The zero-order valence-electron chi connectivity index (χ0n) is 31.4. The van der Waals surface area contributed by atoms with Crippen molar-refractivity contribution >= 4 is 51.9 Å². The van der Waals surface area contributed by atoms with E-state index in [2.05, 4.69) is 20.4 Å². The number of carbonyl (C=O) groups excluding carboxylic acids is 3. The van der Waals surface area contributed by atoms with Crippen molar-refractivity contribution < 1.29 is 32.3 Å². The van der Waals surface area contributed by atoms with Crippen LogP contribution in [0, 0.1) is 25.7 Å². The van der Waals surface area contributed by atoms with Gasteiger partial charge in [0.1, 0.15) is 30.9 Å². The molecule has 4 heterocycles. The zero-order valence-corrected chi connectivity index (χ0v) is 32.2. The Morgan fingerprint density at radius 2 is 1.74 bits per heavy atom. The van der Waals surface area contributed by atoms with E-state index in [-0.39, 0.29) is 89.9 Å². The zero-order chi connectivity index (χ0) is 40.9. The van der Waals surface area contributed by atoms with E-state index in [1.807, 2.05) is 41.3 Å². The van der Waals surface area contributed by atoms with Crippen LogP contribution in [0.3, 0.4) is 0 Å². The summed E-state index contributed by atoms with van der Waals surface area (Å²) in [6, 6.07) is 12.1. The summed E-state index contributed by atoms with van der Waals surface area (Å²) in [5.41, 5.74) is 1.51. The number of amides is 2. The lowest BCUT2D eigenvalue weighted by Crippen LogP contribution is -2.51. The van der Waals surface area contributed by atoms with Crippen LogP contribution in [0.2, 0.25) is 5.02 Å². The molecule has 1 aliphatic heterocycles. The number of aromatic nitrogens is 6. The number of hydrogen-bond acceptors (Lipinski definition) is 10. The van der Waals surface area contributed by atoms with Crippen molar-refractivity contribution in [2.24, 2.45) is 11.8 Å². The first kappa shape index (κ1) is 38.8. The molecule has 0 spiro atoms. The molecule has 18 heteroatoms. The summed E-state index contributed by atoms with van der Waals surface area (Å²) in [6.07, 6.45) is 0.159. The summed E-state index contributed by atoms with van der Waals surface area (Å²) < 4.78 is 48.5. The van der Waals surface area contributed by atoms with Gasteiger partial charge in [-0.2, -0.15) is 22.7 Å². The smallest absolute Gasteiger partial charge is 0.416 e. The Bertz CT molecular complexity index is 2550. The highest BCUT2D eigenvalue weighted by atomic mass is 35.5. The van der Waals surface area contributed by atoms with Crippen LogP contribution in [0.25, 0.3) is 11.4 Å². The van der Waals surface area contributed by atoms with Crippen molar-refractivity contribution in [2.75, 3.05) is 36.4 Å². The van der Waals surface area contributed by atoms with Crippen LogP contribution in [0.1, 0.15) is 58.1 Å². The van der Waals surface area contributed by atoms with Gasteiger partial charge < -0.3 is 24.4 Å². The largest absolute Gasteiger partial charge is 0.485 e. The van der Waals surface area contributed by atoms with Crippen molar-refractivity contribution in [3.05, 3.63) is 110 Å². The molecular weight excluding hydrogens is 779 g/mol. The van der Waals surface area contributed by atoms with E-state index in [4.69, 9.17) is 21.3 Å². The van der Waals surface area contributed by atoms with Gasteiger partial charge in [0.25, 0.3) is 11.5 Å². The van der Waals surface area contributed by atoms with Crippen LogP contribution < -0.4 is 20.5 Å². The predicted molar refractivity (Wildman–Crippen MR) is 207 cm³/mol. The highest BCUT2D eigenvalue weighted by Crippen LogP contribution is 2.44. The number of benzene rings is 2. The Hall–Kier alpha value is -6.10. The van der Waals surface area contributed by atoms with Gasteiger partial charge in [0, 0.05) is 44.7 Å². The summed E-state index contributed by atoms with van der Waals surface area (Å²) in [5.74, 6) is 0.0961. The van der Waals surface area contributed by atoms with Gasteiger partial charge in [0.15, 0.2) is 17.3 Å². The van der Waals surface area contributed by atoms with Crippen LogP contribution in [-0.2, 0) is 28.9 Å². The monoisotopic (exact) mass is 815 g/mol. The maximum absolute atomic E-state index is 14.3. The third-order valence-corrected chi connectivity index (χ3v) is 11.2. The minimum Gasteiger partial charge on any atom is -0.485 e. The molecule has 2 aromatic carbocycles. The number of allylic oxidation sites excluding steroid dienone is 2. The van der Waals surface area contributed by atoms with Gasteiger partial charge in [-0.1, -0.05) is 48.0 Å². The fraction of sp³-hybridized carbons (Fsp3) is 0.350. The van der Waals surface area contributed by atoms with Gasteiger partial charge in [0.05, 0.1) is 22.0 Å². The summed E-state index contributed by atoms with van der Waals surface area (Å²) >= 11 is 6.15. The third kappa shape index (κ3) is 7.53. The molecule has 58 heavy (non-hydrogen) atoms. The van der Waals surface area contributed by atoms with E-state index in [1.165, 1.54) is 10.9 Å². The van der Waals surface area contributed by atoms with Gasteiger partial charge in [-0.25, -0.2) is 9.97 Å². The fourth-order valence-electron chi connectivity index (χ4n) is 7.91. The lowest BCUT2D eigenvalue weighted by molar-refractivity contribution is -0.137. The number of halogens is 4. The topological polar surface area (TPSA) is 157 Å². The maximum Gasteiger partial charge on any atom is 0.416 e. The molecule has 0 bridgehead atoms. The number of ether oxygens (including phenoxy) is 1. The predicted octanol–water partition coefficient (Wildman–Crippen LogP) is 5.53. The van der Waals surface area contributed by atoms with Gasteiger partial charge in [-0.15, -0.1) is 5.10 Å². The van der Waals surface area contributed by atoms with E-state index in [9.17, 15) is 32.3 Å². The minimum atomic E-state index is -4.62. The number of piperazine rings is 1. The number of anilines is 2. The molecule has 2 fully saturated rings. The molecule has 3 aromatic heterocycles. The Balaban J connectivity index is 1.07. The number of nitrogens with one attached hydrogen (secondary N) is 1. The molecule has 2 amide bonds. The lowest BCUT2D eigenvalue weighted by atomic mass is 10.00. The molecule has 5 aromatic rings. The molecule has 0 radical (unpaired) electrons. The Kier molecular flexibility index (Phi) is 10.3. The maximum atomic E-state index is 14.3. The molecule has 8 rings (SSSR count). The van der Waals surface area contributed by atoms with Crippen molar-refractivity contribution in [1.29, 1.82) is 0 Å². The van der Waals surface area contributed by atoms with Crippen LogP contribution in [0.5, 0.6) is 5.75 Å². The van der Waals surface area contributed by atoms with E-state index in [1.54, 1.807) is 18.7 Å². The van der Waals surface area contributed by atoms with E-state index in [0.29, 0.717) is 36.5 Å². The van der Waals surface area contributed by atoms with Crippen molar-refractivity contribution in [1.82, 2.24) is 34.0 Å². The van der Waals surface area contributed by atoms with Crippen molar-refractivity contribution in [3.8, 4) is 5.75 Å². The first-order valence-electron chi connectivity index (χ1n) is 18.7. The second-order valence-corrected chi connectivity index (χ2v) is 15.1. The summed E-state index contributed by atoms with van der Waals surface area (Å²) in [4.78, 5) is 70.5.